The molecule has 2 heterocycles. The highest BCUT2D eigenvalue weighted by molar-refractivity contribution is 7.99. The number of thioether (sulfide) groups is 1. The number of nitrogens with zero attached hydrogens (tertiary/aromatic N) is 2. The van der Waals surface area contributed by atoms with Crippen molar-refractivity contribution >= 4 is 29.0 Å². The first-order valence-electron chi connectivity index (χ1n) is 5.92. The van der Waals surface area contributed by atoms with Crippen LogP contribution in [0.4, 0.5) is 0 Å². The van der Waals surface area contributed by atoms with Crippen molar-refractivity contribution in [3.63, 3.8) is 0 Å². The average Bonchev–Trinajstić information content (AvgIpc) is 3.03. The highest BCUT2D eigenvalue weighted by Gasteiger charge is 2.11. The normalized spacial score (nSPS) is 10.9. The van der Waals surface area contributed by atoms with Crippen molar-refractivity contribution in [2.45, 2.75) is 19.1 Å². The molecule has 2 rings (SSSR count). The minimum Gasteiger partial charge on any atom is -0.410 e. The zero-order valence-electron chi connectivity index (χ0n) is 10.8. The minimum atomic E-state index is -0.0189. The second kappa shape index (κ2) is 6.72. The van der Waals surface area contributed by atoms with Gasteiger partial charge in [0.05, 0.1) is 10.6 Å². The van der Waals surface area contributed by atoms with Gasteiger partial charge in [0.2, 0.25) is 5.91 Å². The summed E-state index contributed by atoms with van der Waals surface area (Å²) in [6, 6.07) is 3.85. The maximum Gasteiger partial charge on any atom is 0.277 e. The molecule has 2 aromatic rings. The number of amides is 1. The fourth-order valence-corrected chi connectivity index (χ4v) is 2.50. The highest BCUT2D eigenvalue weighted by Crippen LogP contribution is 2.26. The summed E-state index contributed by atoms with van der Waals surface area (Å²) in [5, 5.41) is 13.1. The van der Waals surface area contributed by atoms with Gasteiger partial charge in [-0.15, -0.1) is 21.5 Å². The smallest absolute Gasteiger partial charge is 0.277 e. The molecule has 0 atom stereocenters. The number of rotatable bonds is 6. The molecule has 1 amide bonds. The third-order valence-corrected chi connectivity index (χ3v) is 3.85. The first-order chi connectivity index (χ1) is 9.15. The zero-order chi connectivity index (χ0) is 13.7. The van der Waals surface area contributed by atoms with Crippen LogP contribution in [0.1, 0.15) is 13.8 Å². The molecule has 0 aliphatic rings. The largest absolute Gasteiger partial charge is 0.410 e. The summed E-state index contributed by atoms with van der Waals surface area (Å²) in [5.74, 6) is 1.22. The molecule has 102 valence electrons. The van der Waals surface area contributed by atoms with E-state index >= 15 is 0 Å². The molecular weight excluding hydrogens is 282 g/mol. The third-order valence-electron chi connectivity index (χ3n) is 2.17. The highest BCUT2D eigenvalue weighted by atomic mass is 32.2. The summed E-state index contributed by atoms with van der Waals surface area (Å²) in [4.78, 5) is 12.5. The SMILES string of the molecule is CC(C)CNC(=O)CSc1nnc(-c2cccs2)o1. The summed E-state index contributed by atoms with van der Waals surface area (Å²) in [6.07, 6.45) is 0. The van der Waals surface area contributed by atoms with Crippen LogP contribution in [-0.4, -0.2) is 28.4 Å². The molecule has 0 saturated carbocycles. The van der Waals surface area contributed by atoms with E-state index in [0.717, 1.165) is 4.88 Å². The van der Waals surface area contributed by atoms with Crippen LogP contribution in [0.2, 0.25) is 0 Å². The van der Waals surface area contributed by atoms with Gasteiger partial charge in [0.1, 0.15) is 0 Å². The summed E-state index contributed by atoms with van der Waals surface area (Å²) < 4.78 is 5.48. The second-order valence-corrected chi connectivity index (χ2v) is 6.21. The van der Waals surface area contributed by atoms with Crippen LogP contribution in [0.3, 0.4) is 0 Å². The van der Waals surface area contributed by atoms with Gasteiger partial charge < -0.3 is 9.73 Å². The number of nitrogens with one attached hydrogen (secondary N) is 1. The molecule has 0 spiro atoms. The summed E-state index contributed by atoms with van der Waals surface area (Å²) in [7, 11) is 0. The number of thiophene rings is 1. The summed E-state index contributed by atoms with van der Waals surface area (Å²) in [5.41, 5.74) is 0. The zero-order valence-corrected chi connectivity index (χ0v) is 12.4. The van der Waals surface area contributed by atoms with E-state index in [9.17, 15) is 4.79 Å². The van der Waals surface area contributed by atoms with Crippen molar-refractivity contribution in [1.82, 2.24) is 15.5 Å². The molecule has 7 heteroatoms. The van der Waals surface area contributed by atoms with Gasteiger partial charge in [-0.2, -0.15) is 0 Å². The van der Waals surface area contributed by atoms with Gasteiger partial charge in [0, 0.05) is 6.54 Å². The number of hydrogen-bond donors (Lipinski definition) is 1. The molecule has 0 fully saturated rings. The lowest BCUT2D eigenvalue weighted by Crippen LogP contribution is -2.28. The van der Waals surface area contributed by atoms with Crippen LogP contribution in [0.5, 0.6) is 0 Å². The monoisotopic (exact) mass is 297 g/mol. The van der Waals surface area contributed by atoms with Crippen molar-refractivity contribution in [3.8, 4) is 10.8 Å². The van der Waals surface area contributed by atoms with Crippen LogP contribution in [-0.2, 0) is 4.79 Å². The molecular formula is C12H15N3O2S2. The number of carbonyl (C=O) groups excluding carboxylic acids is 1. The Morgan fingerprint density at radius 3 is 3.05 bits per heavy atom. The molecule has 0 aliphatic heterocycles. The lowest BCUT2D eigenvalue weighted by molar-refractivity contribution is -0.118. The minimum absolute atomic E-state index is 0.0189. The van der Waals surface area contributed by atoms with Gasteiger partial charge in [-0.25, -0.2) is 0 Å². The maximum absolute atomic E-state index is 11.5. The molecule has 0 aromatic carbocycles. The Bertz CT molecular complexity index is 523. The predicted octanol–water partition coefficient (Wildman–Crippen LogP) is 2.66. The molecule has 0 radical (unpaired) electrons. The van der Waals surface area contributed by atoms with Gasteiger partial charge >= 0.3 is 0 Å². The van der Waals surface area contributed by atoms with Gasteiger partial charge in [-0.1, -0.05) is 31.7 Å². The molecule has 0 aliphatic carbocycles. The van der Waals surface area contributed by atoms with Gasteiger partial charge in [-0.05, 0) is 17.4 Å². The van der Waals surface area contributed by atoms with Crippen molar-refractivity contribution in [2.24, 2.45) is 5.92 Å². The average molecular weight is 297 g/mol. The molecule has 0 unspecified atom stereocenters. The summed E-state index contributed by atoms with van der Waals surface area (Å²) in [6.45, 7) is 4.79. The Balaban J connectivity index is 1.82. The fraction of sp³-hybridized carbons (Fsp3) is 0.417. The Hall–Kier alpha value is -1.34. The van der Waals surface area contributed by atoms with Crippen molar-refractivity contribution < 1.29 is 9.21 Å². The summed E-state index contributed by atoms with van der Waals surface area (Å²) >= 11 is 2.79. The predicted molar refractivity (Wildman–Crippen MR) is 76.2 cm³/mol. The van der Waals surface area contributed by atoms with Crippen LogP contribution in [0, 0.1) is 5.92 Å². The number of carbonyl (C=O) groups is 1. The Kier molecular flexibility index (Phi) is 4.98. The Morgan fingerprint density at radius 1 is 1.53 bits per heavy atom. The van der Waals surface area contributed by atoms with Gasteiger partial charge in [0.25, 0.3) is 11.1 Å². The van der Waals surface area contributed by atoms with Crippen molar-refractivity contribution in [1.29, 1.82) is 0 Å². The number of aromatic nitrogens is 2. The van der Waals surface area contributed by atoms with E-state index in [0.29, 0.717) is 29.3 Å². The van der Waals surface area contributed by atoms with E-state index in [2.05, 4.69) is 29.4 Å². The molecule has 0 bridgehead atoms. The van der Waals surface area contributed by atoms with E-state index in [4.69, 9.17) is 4.42 Å². The van der Waals surface area contributed by atoms with Crippen LogP contribution >= 0.6 is 23.1 Å². The maximum atomic E-state index is 11.5. The molecule has 1 N–H and O–H groups in total. The Morgan fingerprint density at radius 2 is 2.37 bits per heavy atom. The number of hydrogen-bond acceptors (Lipinski definition) is 6. The lowest BCUT2D eigenvalue weighted by atomic mass is 10.2. The van der Waals surface area contributed by atoms with Crippen molar-refractivity contribution in [2.75, 3.05) is 12.3 Å². The quantitative estimate of drug-likeness (QED) is 0.830. The van der Waals surface area contributed by atoms with E-state index in [1.54, 1.807) is 11.3 Å². The van der Waals surface area contributed by atoms with E-state index < -0.39 is 0 Å². The lowest BCUT2D eigenvalue weighted by Gasteiger charge is -2.05. The fourth-order valence-electron chi connectivity index (χ4n) is 1.26. The Labute approximate surface area is 119 Å². The van der Waals surface area contributed by atoms with E-state index in [1.165, 1.54) is 11.8 Å². The molecule has 19 heavy (non-hydrogen) atoms. The molecule has 0 saturated heterocycles. The molecule has 5 nitrogen and oxygen atoms in total. The third kappa shape index (κ3) is 4.36. The van der Waals surface area contributed by atoms with E-state index in [-0.39, 0.29) is 5.91 Å². The van der Waals surface area contributed by atoms with Gasteiger partial charge in [0.15, 0.2) is 0 Å². The van der Waals surface area contributed by atoms with Crippen molar-refractivity contribution in [3.05, 3.63) is 17.5 Å². The van der Waals surface area contributed by atoms with Crippen LogP contribution < -0.4 is 5.32 Å². The van der Waals surface area contributed by atoms with E-state index in [1.807, 2.05) is 17.5 Å². The first kappa shape index (κ1) is 14.1. The molecule has 2 aromatic heterocycles. The van der Waals surface area contributed by atoms with Crippen LogP contribution in [0.15, 0.2) is 27.2 Å². The standard InChI is InChI=1S/C12H15N3O2S2/c1-8(2)6-13-10(16)7-19-12-15-14-11(17-12)9-4-3-5-18-9/h3-5,8H,6-7H2,1-2H3,(H,13,16). The second-order valence-electron chi connectivity index (χ2n) is 4.34. The topological polar surface area (TPSA) is 68.0 Å². The van der Waals surface area contributed by atoms with Gasteiger partial charge in [-0.3, -0.25) is 4.79 Å². The van der Waals surface area contributed by atoms with Crippen LogP contribution in [0.25, 0.3) is 10.8 Å². The first-order valence-corrected chi connectivity index (χ1v) is 7.78.